The van der Waals surface area contributed by atoms with Gasteiger partial charge < -0.3 is 9.16 Å². The van der Waals surface area contributed by atoms with Crippen LogP contribution in [-0.4, -0.2) is 38.1 Å². The molecule has 2 rings (SSSR count). The second-order valence-corrected chi connectivity index (χ2v) is 15.3. The Morgan fingerprint density at radius 3 is 2.25 bits per heavy atom. The van der Waals surface area contributed by atoms with Crippen molar-refractivity contribution in [1.29, 1.82) is 0 Å². The van der Waals surface area contributed by atoms with E-state index < -0.39 is 13.9 Å². The quantitative estimate of drug-likeness (QED) is 0.535. The zero-order chi connectivity index (χ0) is 21.3. The summed E-state index contributed by atoms with van der Waals surface area (Å²) in [7, 11) is -1.95. The van der Waals surface area contributed by atoms with E-state index in [9.17, 15) is 4.79 Å². The van der Waals surface area contributed by atoms with E-state index in [2.05, 4.69) is 46.5 Å². The SMILES string of the molecule is CC(C)[Si](OCC1CN(C(=O)OC(C)(C)C)c2cnccc21)(C(C)C)C(C)C. The van der Waals surface area contributed by atoms with Crippen molar-refractivity contribution in [3.05, 3.63) is 24.0 Å². The maximum Gasteiger partial charge on any atom is 0.414 e. The van der Waals surface area contributed by atoms with E-state index in [1.165, 1.54) is 0 Å². The first-order chi connectivity index (χ1) is 12.9. The van der Waals surface area contributed by atoms with Crippen LogP contribution in [0.15, 0.2) is 18.5 Å². The predicted octanol–water partition coefficient (Wildman–Crippen LogP) is 6.11. The lowest BCUT2D eigenvalue weighted by atomic mass is 10.0. The molecule has 2 heterocycles. The highest BCUT2D eigenvalue weighted by atomic mass is 28.4. The van der Waals surface area contributed by atoms with Gasteiger partial charge in [-0.25, -0.2) is 4.79 Å². The fourth-order valence-corrected chi connectivity index (χ4v) is 10.3. The number of hydrogen-bond donors (Lipinski definition) is 0. The molecule has 0 aliphatic carbocycles. The zero-order valence-corrected chi connectivity index (χ0v) is 20.1. The summed E-state index contributed by atoms with van der Waals surface area (Å²) in [6.07, 6.45) is 3.24. The lowest BCUT2D eigenvalue weighted by molar-refractivity contribution is 0.0581. The van der Waals surface area contributed by atoms with Gasteiger partial charge in [0.1, 0.15) is 5.60 Å². The van der Waals surface area contributed by atoms with Crippen LogP contribution in [0.1, 0.15) is 73.8 Å². The predicted molar refractivity (Wildman–Crippen MR) is 118 cm³/mol. The van der Waals surface area contributed by atoms with Crippen molar-refractivity contribution >= 4 is 20.1 Å². The van der Waals surface area contributed by atoms with Crippen molar-refractivity contribution in [2.24, 2.45) is 0 Å². The smallest absolute Gasteiger partial charge is 0.414 e. The number of pyridine rings is 1. The summed E-state index contributed by atoms with van der Waals surface area (Å²) in [4.78, 5) is 18.7. The van der Waals surface area contributed by atoms with Gasteiger partial charge in [0.25, 0.3) is 0 Å². The Kier molecular flexibility index (Phi) is 6.97. The van der Waals surface area contributed by atoms with Crippen LogP contribution in [0.3, 0.4) is 0 Å². The Morgan fingerprint density at radius 1 is 1.18 bits per heavy atom. The van der Waals surface area contributed by atoms with Gasteiger partial charge in [-0.3, -0.25) is 9.88 Å². The van der Waals surface area contributed by atoms with E-state index in [0.29, 0.717) is 29.8 Å². The van der Waals surface area contributed by atoms with Crippen molar-refractivity contribution in [1.82, 2.24) is 4.98 Å². The Morgan fingerprint density at radius 2 is 1.75 bits per heavy atom. The molecule has 0 spiro atoms. The van der Waals surface area contributed by atoms with Gasteiger partial charge in [-0.2, -0.15) is 0 Å². The van der Waals surface area contributed by atoms with Crippen molar-refractivity contribution in [3.8, 4) is 0 Å². The van der Waals surface area contributed by atoms with Crippen LogP contribution < -0.4 is 4.90 Å². The number of nitrogens with zero attached hydrogens (tertiary/aromatic N) is 2. The summed E-state index contributed by atoms with van der Waals surface area (Å²) < 4.78 is 12.4. The summed E-state index contributed by atoms with van der Waals surface area (Å²) in [5.41, 5.74) is 3.05. The molecule has 1 aliphatic rings. The molecule has 0 aromatic carbocycles. The van der Waals surface area contributed by atoms with Gasteiger partial charge >= 0.3 is 6.09 Å². The second kappa shape index (κ2) is 8.53. The lowest BCUT2D eigenvalue weighted by Crippen LogP contribution is -2.48. The molecule has 5 nitrogen and oxygen atoms in total. The van der Waals surface area contributed by atoms with Crippen LogP contribution in [0.5, 0.6) is 0 Å². The molecule has 0 bridgehead atoms. The fourth-order valence-electron chi connectivity index (χ4n) is 4.76. The molecule has 1 atom stereocenters. The number of carbonyl (C=O) groups excluding carboxylic acids is 1. The highest BCUT2D eigenvalue weighted by molar-refractivity contribution is 6.77. The van der Waals surface area contributed by atoms with E-state index in [4.69, 9.17) is 9.16 Å². The van der Waals surface area contributed by atoms with Gasteiger partial charge in [0, 0.05) is 25.3 Å². The first-order valence-corrected chi connectivity index (χ1v) is 12.6. The van der Waals surface area contributed by atoms with Gasteiger partial charge in [0.15, 0.2) is 8.32 Å². The normalized spacial score (nSPS) is 17.6. The van der Waals surface area contributed by atoms with E-state index in [1.54, 1.807) is 17.3 Å². The van der Waals surface area contributed by atoms with E-state index in [0.717, 1.165) is 11.3 Å². The van der Waals surface area contributed by atoms with Gasteiger partial charge in [-0.1, -0.05) is 41.5 Å². The minimum absolute atomic E-state index is 0.147. The minimum Gasteiger partial charge on any atom is -0.443 e. The van der Waals surface area contributed by atoms with Gasteiger partial charge in [-0.05, 0) is 49.0 Å². The Hall–Kier alpha value is -1.40. The van der Waals surface area contributed by atoms with Gasteiger partial charge in [-0.15, -0.1) is 0 Å². The van der Waals surface area contributed by atoms with Gasteiger partial charge in [0.05, 0.1) is 11.9 Å². The molecule has 0 saturated carbocycles. The molecular weight excluding hydrogens is 368 g/mol. The third-order valence-corrected chi connectivity index (χ3v) is 11.9. The number of anilines is 1. The molecule has 28 heavy (non-hydrogen) atoms. The lowest BCUT2D eigenvalue weighted by Gasteiger charge is -2.42. The summed E-state index contributed by atoms with van der Waals surface area (Å²) in [6.45, 7) is 20.7. The van der Waals surface area contributed by atoms with Crippen LogP contribution >= 0.6 is 0 Å². The Labute approximate surface area is 172 Å². The first kappa shape index (κ1) is 22.9. The number of hydrogen-bond acceptors (Lipinski definition) is 4. The number of amides is 1. The summed E-state index contributed by atoms with van der Waals surface area (Å²) in [5, 5.41) is 0. The molecule has 1 amide bonds. The first-order valence-electron chi connectivity index (χ1n) is 10.5. The van der Waals surface area contributed by atoms with Crippen molar-refractivity contribution in [3.63, 3.8) is 0 Å². The molecule has 158 valence electrons. The van der Waals surface area contributed by atoms with Crippen LogP contribution in [0.2, 0.25) is 16.6 Å². The molecule has 0 N–H and O–H groups in total. The molecule has 1 aromatic heterocycles. The average Bonchev–Trinajstić information content (AvgIpc) is 2.92. The number of ether oxygens (including phenoxy) is 1. The second-order valence-electron chi connectivity index (χ2n) is 9.85. The minimum atomic E-state index is -1.95. The summed E-state index contributed by atoms with van der Waals surface area (Å²) >= 11 is 0. The number of fused-ring (bicyclic) bond motifs is 1. The number of rotatable bonds is 6. The molecule has 1 aromatic rings. The third kappa shape index (κ3) is 4.59. The van der Waals surface area contributed by atoms with Crippen molar-refractivity contribution in [2.45, 2.75) is 90.5 Å². The van der Waals surface area contributed by atoms with Crippen LogP contribution in [0.4, 0.5) is 10.5 Å². The molecule has 0 saturated heterocycles. The monoisotopic (exact) mass is 406 g/mol. The van der Waals surface area contributed by atoms with Crippen LogP contribution in [-0.2, 0) is 9.16 Å². The average molecular weight is 407 g/mol. The highest BCUT2D eigenvalue weighted by Crippen LogP contribution is 2.44. The highest BCUT2D eigenvalue weighted by Gasteiger charge is 2.46. The van der Waals surface area contributed by atoms with Gasteiger partial charge in [0.2, 0.25) is 0 Å². The third-order valence-electron chi connectivity index (χ3n) is 5.82. The van der Waals surface area contributed by atoms with Crippen LogP contribution in [0, 0.1) is 0 Å². The van der Waals surface area contributed by atoms with E-state index in [-0.39, 0.29) is 12.0 Å². The van der Waals surface area contributed by atoms with Crippen LogP contribution in [0.25, 0.3) is 0 Å². The summed E-state index contributed by atoms with van der Waals surface area (Å²) in [6, 6.07) is 2.01. The molecule has 6 heteroatoms. The van der Waals surface area contributed by atoms with E-state index >= 15 is 0 Å². The van der Waals surface area contributed by atoms with Crippen molar-refractivity contribution < 1.29 is 14.0 Å². The summed E-state index contributed by atoms with van der Waals surface area (Å²) in [5.74, 6) is 0.147. The van der Waals surface area contributed by atoms with E-state index in [1.807, 2.05) is 26.8 Å². The Balaban J connectivity index is 2.24. The maximum absolute atomic E-state index is 12.7. The van der Waals surface area contributed by atoms with Crippen molar-refractivity contribution in [2.75, 3.05) is 18.1 Å². The maximum atomic E-state index is 12.7. The fraction of sp³-hybridized carbons (Fsp3) is 0.727. The molecule has 0 radical (unpaired) electrons. The standard InChI is InChI=1S/C22H38N2O3Si/c1-15(2)28(16(3)4,17(5)6)26-14-18-13-24(21(25)27-22(7,8)9)20-12-23-11-10-19(18)20/h10-12,15-18H,13-14H2,1-9H3. The largest absolute Gasteiger partial charge is 0.443 e. The molecule has 1 aliphatic heterocycles. The molecule has 1 unspecified atom stereocenters. The Bertz CT molecular complexity index is 661. The number of carbonyl (C=O) groups is 1. The molecule has 0 fully saturated rings. The number of aromatic nitrogens is 1. The topological polar surface area (TPSA) is 51.7 Å². The zero-order valence-electron chi connectivity index (χ0n) is 19.1. The molecular formula is C22H38N2O3Si.